The van der Waals surface area contributed by atoms with Crippen molar-refractivity contribution in [3.8, 4) is 0 Å². The Morgan fingerprint density at radius 3 is 2.75 bits per heavy atom. The summed E-state index contributed by atoms with van der Waals surface area (Å²) < 4.78 is 16.8. The average molecular weight is 409 g/mol. The largest absolute Gasteiger partial charge is 0.477 e. The first kappa shape index (κ1) is 19.2. The summed E-state index contributed by atoms with van der Waals surface area (Å²) in [7, 11) is 0. The predicted molar refractivity (Wildman–Crippen MR) is 103 cm³/mol. The fraction of sp³-hybridized carbons (Fsp3) is 0.444. The molecule has 0 saturated carbocycles. The topological polar surface area (TPSA) is 129 Å². The lowest BCUT2D eigenvalue weighted by molar-refractivity contribution is 0.0690. The Hall–Kier alpha value is -2.14. The lowest BCUT2D eigenvalue weighted by Crippen LogP contribution is -2.43. The first-order valence-corrected chi connectivity index (χ1v) is 9.91. The molecule has 0 spiro atoms. The van der Waals surface area contributed by atoms with Gasteiger partial charge in [-0.05, 0) is 12.5 Å². The molecule has 2 aliphatic rings. The van der Waals surface area contributed by atoms with E-state index in [-0.39, 0.29) is 34.8 Å². The smallest absolute Gasteiger partial charge is 0.342 e. The van der Waals surface area contributed by atoms with Crippen molar-refractivity contribution in [3.05, 3.63) is 33.2 Å². The molecule has 1 aromatic heterocycles. The standard InChI is InChI=1S/C18H20FN3O5S/c19-10-5-8-14(22-3-4-28-17(22)13(16(8)25)18(26)27)9(6-23)15(10)21-2-1-11(20)12(21)7-24/h5,11-12,23-24H,1-4,6-7,20H2,(H,26,27)/t11-,12-/m1/s1. The molecule has 1 aromatic carbocycles. The second-order valence-corrected chi connectivity index (χ2v) is 8.03. The number of nitrogens with zero attached hydrogens (tertiary/aromatic N) is 2. The van der Waals surface area contributed by atoms with E-state index in [1.54, 1.807) is 9.47 Å². The summed E-state index contributed by atoms with van der Waals surface area (Å²) >= 11 is 1.25. The normalized spacial score (nSPS) is 21.5. The number of anilines is 1. The molecule has 5 N–H and O–H groups in total. The van der Waals surface area contributed by atoms with Crippen LogP contribution in [-0.4, -0.2) is 56.8 Å². The van der Waals surface area contributed by atoms with Crippen molar-refractivity contribution in [2.75, 3.05) is 23.8 Å². The van der Waals surface area contributed by atoms with Gasteiger partial charge in [-0.1, -0.05) is 0 Å². The highest BCUT2D eigenvalue weighted by Gasteiger charge is 2.36. The molecule has 28 heavy (non-hydrogen) atoms. The van der Waals surface area contributed by atoms with Gasteiger partial charge in [-0.15, -0.1) is 11.8 Å². The molecule has 4 rings (SSSR count). The third-order valence-corrected chi connectivity index (χ3v) is 6.61. The number of aliphatic hydroxyl groups is 2. The Balaban J connectivity index is 2.08. The number of pyridine rings is 1. The molecule has 1 saturated heterocycles. The van der Waals surface area contributed by atoms with Gasteiger partial charge >= 0.3 is 5.97 Å². The van der Waals surface area contributed by atoms with Crippen molar-refractivity contribution < 1.29 is 24.5 Å². The van der Waals surface area contributed by atoms with Crippen LogP contribution in [0.1, 0.15) is 22.3 Å². The SMILES string of the molecule is N[C@@H]1CCN(c2c(F)cc3c(=O)c(C(=O)O)c4n(c3c2CO)CCS4)[C@@H]1CO. The van der Waals surface area contributed by atoms with Crippen LogP contribution in [0.3, 0.4) is 0 Å². The number of rotatable bonds is 4. The van der Waals surface area contributed by atoms with Crippen LogP contribution in [0.2, 0.25) is 0 Å². The van der Waals surface area contributed by atoms with E-state index in [0.29, 0.717) is 35.8 Å². The lowest BCUT2D eigenvalue weighted by atomic mass is 10.0. The van der Waals surface area contributed by atoms with Crippen LogP contribution >= 0.6 is 11.8 Å². The monoisotopic (exact) mass is 409 g/mol. The van der Waals surface area contributed by atoms with E-state index in [4.69, 9.17) is 5.73 Å². The molecule has 2 aromatic rings. The number of hydrogen-bond acceptors (Lipinski definition) is 7. The zero-order chi connectivity index (χ0) is 20.2. The number of nitrogens with two attached hydrogens (primary N) is 1. The molecule has 150 valence electrons. The zero-order valence-electron chi connectivity index (χ0n) is 14.9. The summed E-state index contributed by atoms with van der Waals surface area (Å²) in [5.41, 5.74) is 5.55. The molecule has 0 radical (unpaired) electrons. The number of aryl methyl sites for hydroxylation is 1. The second-order valence-electron chi connectivity index (χ2n) is 6.95. The number of carbonyl (C=O) groups is 1. The molecular formula is C18H20FN3O5S. The highest BCUT2D eigenvalue weighted by Crippen LogP contribution is 2.39. The second kappa shape index (κ2) is 7.03. The van der Waals surface area contributed by atoms with Crippen LogP contribution in [0.5, 0.6) is 0 Å². The van der Waals surface area contributed by atoms with E-state index in [1.165, 1.54) is 11.8 Å². The summed E-state index contributed by atoms with van der Waals surface area (Å²) in [4.78, 5) is 26.1. The maximum absolute atomic E-state index is 15.1. The Morgan fingerprint density at radius 1 is 1.36 bits per heavy atom. The average Bonchev–Trinajstić information content (AvgIpc) is 3.27. The van der Waals surface area contributed by atoms with Crippen molar-refractivity contribution in [1.82, 2.24) is 4.57 Å². The number of thioether (sulfide) groups is 1. The molecule has 10 heteroatoms. The Labute approximate surface area is 163 Å². The number of aliphatic hydroxyl groups excluding tert-OH is 2. The molecule has 8 nitrogen and oxygen atoms in total. The maximum atomic E-state index is 15.1. The Bertz CT molecular complexity index is 1040. The molecule has 2 aliphatic heterocycles. The first-order valence-electron chi connectivity index (χ1n) is 8.92. The minimum Gasteiger partial charge on any atom is -0.477 e. The number of benzene rings is 1. The predicted octanol–water partition coefficient (Wildman–Crippen LogP) is 0.335. The van der Waals surface area contributed by atoms with Crippen molar-refractivity contribution in [3.63, 3.8) is 0 Å². The fourth-order valence-electron chi connectivity index (χ4n) is 4.27. The number of fused-ring (bicyclic) bond motifs is 3. The van der Waals surface area contributed by atoms with Gasteiger partial charge in [-0.3, -0.25) is 4.79 Å². The molecule has 0 amide bonds. The molecule has 1 fully saturated rings. The number of aromatic carboxylic acids is 1. The van der Waals surface area contributed by atoms with Crippen molar-refractivity contribution in [1.29, 1.82) is 0 Å². The lowest BCUT2D eigenvalue weighted by Gasteiger charge is -2.30. The highest BCUT2D eigenvalue weighted by molar-refractivity contribution is 7.99. The third kappa shape index (κ3) is 2.63. The number of carboxylic acid groups (broad SMARTS) is 1. The summed E-state index contributed by atoms with van der Waals surface area (Å²) in [5.74, 6) is -1.53. The zero-order valence-corrected chi connectivity index (χ0v) is 15.7. The van der Waals surface area contributed by atoms with Crippen LogP contribution in [0.4, 0.5) is 10.1 Å². The van der Waals surface area contributed by atoms with Crippen LogP contribution < -0.4 is 16.1 Å². The minimum atomic E-state index is -1.36. The fourth-order valence-corrected chi connectivity index (χ4v) is 5.40. The van der Waals surface area contributed by atoms with Gasteiger partial charge in [-0.25, -0.2) is 9.18 Å². The minimum absolute atomic E-state index is 0.0713. The van der Waals surface area contributed by atoms with Crippen molar-refractivity contribution in [2.45, 2.75) is 36.7 Å². The number of carboxylic acids is 1. The number of hydrogen-bond donors (Lipinski definition) is 4. The first-order chi connectivity index (χ1) is 13.4. The maximum Gasteiger partial charge on any atom is 0.342 e. The summed E-state index contributed by atoms with van der Waals surface area (Å²) in [5, 5.41) is 29.5. The van der Waals surface area contributed by atoms with E-state index < -0.39 is 29.9 Å². The molecule has 0 aliphatic carbocycles. The Morgan fingerprint density at radius 2 is 2.11 bits per heavy atom. The number of aromatic nitrogens is 1. The van der Waals surface area contributed by atoms with Crippen LogP contribution in [0, 0.1) is 5.82 Å². The summed E-state index contributed by atoms with van der Waals surface area (Å²) in [6.45, 7) is 0.0394. The molecular weight excluding hydrogens is 389 g/mol. The van der Waals surface area contributed by atoms with Crippen LogP contribution in [0.25, 0.3) is 10.9 Å². The van der Waals surface area contributed by atoms with Gasteiger partial charge in [-0.2, -0.15) is 0 Å². The van der Waals surface area contributed by atoms with Gasteiger partial charge < -0.3 is 30.5 Å². The van der Waals surface area contributed by atoms with Gasteiger partial charge in [0.15, 0.2) is 0 Å². The van der Waals surface area contributed by atoms with Gasteiger partial charge in [0.25, 0.3) is 0 Å². The number of halogens is 1. The third-order valence-electron chi connectivity index (χ3n) is 5.52. The molecule has 3 heterocycles. The Kier molecular flexibility index (Phi) is 4.82. The summed E-state index contributed by atoms with van der Waals surface area (Å²) in [6.07, 6.45) is 0.555. The quantitative estimate of drug-likeness (QED) is 0.569. The van der Waals surface area contributed by atoms with E-state index in [9.17, 15) is 24.9 Å². The molecule has 0 bridgehead atoms. The van der Waals surface area contributed by atoms with Crippen molar-refractivity contribution in [2.24, 2.45) is 5.73 Å². The van der Waals surface area contributed by atoms with Gasteiger partial charge in [0, 0.05) is 30.4 Å². The van der Waals surface area contributed by atoms with Gasteiger partial charge in [0.1, 0.15) is 11.4 Å². The van der Waals surface area contributed by atoms with E-state index in [1.807, 2.05) is 0 Å². The van der Waals surface area contributed by atoms with Crippen LogP contribution in [-0.2, 0) is 13.2 Å². The molecule has 2 atom stereocenters. The van der Waals surface area contributed by atoms with Gasteiger partial charge in [0.05, 0.1) is 40.9 Å². The van der Waals surface area contributed by atoms with E-state index >= 15 is 4.39 Å². The van der Waals surface area contributed by atoms with E-state index in [0.717, 1.165) is 6.07 Å². The highest BCUT2D eigenvalue weighted by atomic mass is 32.2. The molecule has 0 unspecified atom stereocenters. The van der Waals surface area contributed by atoms with Gasteiger partial charge in [0.2, 0.25) is 5.43 Å². The van der Waals surface area contributed by atoms with Crippen molar-refractivity contribution >= 4 is 34.3 Å². The van der Waals surface area contributed by atoms with Crippen LogP contribution in [0.15, 0.2) is 15.9 Å². The van der Waals surface area contributed by atoms with E-state index in [2.05, 4.69) is 0 Å². The summed E-state index contributed by atoms with van der Waals surface area (Å²) in [6, 6.07) is 0.187.